The number of ether oxygens (including phenoxy) is 2. The van der Waals surface area contributed by atoms with Crippen molar-refractivity contribution in [1.82, 2.24) is 0 Å². The molecule has 4 heteroatoms. The number of hydrogen-bond acceptors (Lipinski definition) is 4. The van der Waals surface area contributed by atoms with Crippen molar-refractivity contribution < 1.29 is 19.7 Å². The first kappa shape index (κ1) is 14.9. The van der Waals surface area contributed by atoms with E-state index in [0.717, 1.165) is 0 Å². The Balaban J connectivity index is 1.97. The molecule has 23 heavy (non-hydrogen) atoms. The Morgan fingerprint density at radius 1 is 0.696 bits per heavy atom. The van der Waals surface area contributed by atoms with E-state index in [1.165, 1.54) is 6.07 Å². The third-order valence-corrected chi connectivity index (χ3v) is 3.29. The summed E-state index contributed by atoms with van der Waals surface area (Å²) < 4.78 is 11.5. The second-order valence-electron chi connectivity index (χ2n) is 4.88. The van der Waals surface area contributed by atoms with Gasteiger partial charge in [-0.25, -0.2) is 0 Å². The van der Waals surface area contributed by atoms with Crippen LogP contribution in [0.2, 0.25) is 0 Å². The first-order valence-corrected chi connectivity index (χ1v) is 7.19. The Morgan fingerprint density at radius 2 is 1.26 bits per heavy atom. The molecule has 0 aliphatic rings. The van der Waals surface area contributed by atoms with Gasteiger partial charge in [-0.15, -0.1) is 0 Å². The maximum Gasteiger partial charge on any atom is 0.178 e. The third kappa shape index (κ3) is 3.44. The quantitative estimate of drug-likeness (QED) is 0.730. The molecule has 4 nitrogen and oxygen atoms in total. The van der Waals surface area contributed by atoms with Crippen LogP contribution in [0.3, 0.4) is 0 Å². The molecule has 2 N–H and O–H groups in total. The van der Waals surface area contributed by atoms with Gasteiger partial charge in [0.05, 0.1) is 12.2 Å². The lowest BCUT2D eigenvalue weighted by Crippen LogP contribution is -1.97. The molecule has 0 aromatic heterocycles. The Hall–Kier alpha value is -2.98. The highest BCUT2D eigenvalue weighted by Crippen LogP contribution is 2.40. The summed E-state index contributed by atoms with van der Waals surface area (Å²) in [4.78, 5) is 0. The molecule has 0 aliphatic heterocycles. The SMILES string of the molecule is OCc1c(Oc2ccccc2)ccc(O)c1Oc1ccccc1. The minimum absolute atomic E-state index is 0.0571. The summed E-state index contributed by atoms with van der Waals surface area (Å²) in [5.74, 6) is 1.76. The van der Waals surface area contributed by atoms with E-state index in [1.807, 2.05) is 48.5 Å². The van der Waals surface area contributed by atoms with Crippen molar-refractivity contribution in [3.63, 3.8) is 0 Å². The van der Waals surface area contributed by atoms with Gasteiger partial charge in [-0.05, 0) is 36.4 Å². The van der Waals surface area contributed by atoms with Gasteiger partial charge < -0.3 is 19.7 Å². The zero-order valence-electron chi connectivity index (χ0n) is 12.3. The molecular formula is C19H16O4. The number of phenolic OH excluding ortho intramolecular Hbond substituents is 1. The van der Waals surface area contributed by atoms with Crippen LogP contribution in [0.4, 0.5) is 0 Å². The lowest BCUT2D eigenvalue weighted by Gasteiger charge is -2.16. The van der Waals surface area contributed by atoms with E-state index in [-0.39, 0.29) is 18.1 Å². The minimum Gasteiger partial charge on any atom is -0.504 e. The summed E-state index contributed by atoms with van der Waals surface area (Å²) >= 11 is 0. The molecule has 0 spiro atoms. The van der Waals surface area contributed by atoms with Gasteiger partial charge in [-0.1, -0.05) is 36.4 Å². The van der Waals surface area contributed by atoms with Crippen LogP contribution in [0.1, 0.15) is 5.56 Å². The maximum atomic E-state index is 10.1. The summed E-state index contributed by atoms with van der Waals surface area (Å²) in [6.07, 6.45) is 0. The first-order valence-electron chi connectivity index (χ1n) is 7.19. The lowest BCUT2D eigenvalue weighted by molar-refractivity contribution is 0.268. The number of rotatable bonds is 5. The largest absolute Gasteiger partial charge is 0.504 e. The summed E-state index contributed by atoms with van der Waals surface area (Å²) in [6.45, 7) is -0.321. The van der Waals surface area contributed by atoms with E-state index >= 15 is 0 Å². The van der Waals surface area contributed by atoms with Gasteiger partial charge in [0, 0.05) is 0 Å². The topological polar surface area (TPSA) is 58.9 Å². The van der Waals surface area contributed by atoms with E-state index in [1.54, 1.807) is 18.2 Å². The molecule has 0 bridgehead atoms. The van der Waals surface area contributed by atoms with Gasteiger partial charge in [-0.2, -0.15) is 0 Å². The fraction of sp³-hybridized carbons (Fsp3) is 0.0526. The molecule has 116 valence electrons. The van der Waals surface area contributed by atoms with E-state index < -0.39 is 0 Å². The lowest BCUT2D eigenvalue weighted by atomic mass is 10.1. The number of hydrogen-bond donors (Lipinski definition) is 2. The van der Waals surface area contributed by atoms with E-state index in [0.29, 0.717) is 22.8 Å². The van der Waals surface area contributed by atoms with Gasteiger partial charge in [0.15, 0.2) is 11.5 Å². The summed E-state index contributed by atoms with van der Waals surface area (Å²) in [5.41, 5.74) is 0.387. The molecule has 0 heterocycles. The number of aromatic hydroxyl groups is 1. The van der Waals surface area contributed by atoms with Crippen LogP contribution >= 0.6 is 0 Å². The van der Waals surface area contributed by atoms with Gasteiger partial charge in [0.25, 0.3) is 0 Å². The zero-order valence-corrected chi connectivity index (χ0v) is 12.3. The average molecular weight is 308 g/mol. The molecule has 3 aromatic carbocycles. The first-order chi connectivity index (χ1) is 11.3. The monoisotopic (exact) mass is 308 g/mol. The molecular weight excluding hydrogens is 292 g/mol. The van der Waals surface area contributed by atoms with Gasteiger partial charge in [0.2, 0.25) is 0 Å². The third-order valence-electron chi connectivity index (χ3n) is 3.29. The van der Waals surface area contributed by atoms with Crippen LogP contribution in [0.25, 0.3) is 0 Å². The predicted octanol–water partition coefficient (Wildman–Crippen LogP) is 4.47. The second kappa shape index (κ2) is 6.85. The van der Waals surface area contributed by atoms with Gasteiger partial charge in [0.1, 0.15) is 17.2 Å². The highest BCUT2D eigenvalue weighted by molar-refractivity contribution is 5.55. The molecule has 0 radical (unpaired) electrons. The van der Waals surface area contributed by atoms with Crippen molar-refractivity contribution in [3.05, 3.63) is 78.4 Å². The van der Waals surface area contributed by atoms with E-state index in [2.05, 4.69) is 0 Å². The van der Waals surface area contributed by atoms with Crippen LogP contribution in [0, 0.1) is 0 Å². The van der Waals surface area contributed by atoms with Crippen LogP contribution in [0.5, 0.6) is 28.7 Å². The van der Waals surface area contributed by atoms with Crippen LogP contribution in [0.15, 0.2) is 72.8 Å². The Morgan fingerprint density at radius 3 is 1.83 bits per heavy atom. The second-order valence-corrected chi connectivity index (χ2v) is 4.88. The fourth-order valence-corrected chi connectivity index (χ4v) is 2.18. The molecule has 0 aliphatic carbocycles. The smallest absolute Gasteiger partial charge is 0.178 e. The number of benzene rings is 3. The van der Waals surface area contributed by atoms with Gasteiger partial charge in [-0.3, -0.25) is 0 Å². The van der Waals surface area contributed by atoms with Gasteiger partial charge >= 0.3 is 0 Å². The van der Waals surface area contributed by atoms with Crippen LogP contribution in [-0.2, 0) is 6.61 Å². The van der Waals surface area contributed by atoms with Crippen molar-refractivity contribution in [2.45, 2.75) is 6.61 Å². The van der Waals surface area contributed by atoms with E-state index in [4.69, 9.17) is 9.47 Å². The molecule has 3 aromatic rings. The van der Waals surface area contributed by atoms with Crippen molar-refractivity contribution in [3.8, 4) is 28.7 Å². The van der Waals surface area contributed by atoms with Crippen molar-refractivity contribution in [1.29, 1.82) is 0 Å². The molecule has 3 rings (SSSR count). The number of aliphatic hydroxyl groups excluding tert-OH is 1. The molecule has 0 saturated carbocycles. The summed E-state index contributed by atoms with van der Waals surface area (Å²) in [7, 11) is 0. The zero-order chi connectivity index (χ0) is 16.1. The number of phenols is 1. The molecule has 0 atom stereocenters. The molecule has 0 fully saturated rings. The Labute approximate surface area is 134 Å². The van der Waals surface area contributed by atoms with Crippen LogP contribution < -0.4 is 9.47 Å². The molecule has 0 unspecified atom stereocenters. The standard InChI is InChI=1S/C19H16O4/c20-13-16-18(22-14-7-3-1-4-8-14)12-11-17(21)19(16)23-15-9-5-2-6-10-15/h1-12,20-21H,13H2. The van der Waals surface area contributed by atoms with Crippen LogP contribution in [-0.4, -0.2) is 10.2 Å². The summed E-state index contributed by atoms with van der Waals surface area (Å²) in [6, 6.07) is 21.4. The molecule has 0 amide bonds. The minimum atomic E-state index is -0.321. The number of para-hydroxylation sites is 2. The van der Waals surface area contributed by atoms with E-state index in [9.17, 15) is 10.2 Å². The predicted molar refractivity (Wildman–Crippen MR) is 87.1 cm³/mol. The average Bonchev–Trinajstić information content (AvgIpc) is 2.60. The number of aliphatic hydroxyl groups is 1. The normalized spacial score (nSPS) is 10.3. The summed E-state index contributed by atoms with van der Waals surface area (Å²) in [5, 5.41) is 19.8. The Bertz CT molecular complexity index is 770. The highest BCUT2D eigenvalue weighted by Gasteiger charge is 2.16. The Kier molecular flexibility index (Phi) is 4.45. The van der Waals surface area contributed by atoms with Crippen molar-refractivity contribution in [2.75, 3.05) is 0 Å². The van der Waals surface area contributed by atoms with Crippen molar-refractivity contribution >= 4 is 0 Å². The van der Waals surface area contributed by atoms with Crippen molar-refractivity contribution in [2.24, 2.45) is 0 Å². The highest BCUT2D eigenvalue weighted by atomic mass is 16.5. The fourth-order valence-electron chi connectivity index (χ4n) is 2.18. The molecule has 0 saturated heterocycles. The maximum absolute atomic E-state index is 10.1.